The lowest BCUT2D eigenvalue weighted by Crippen LogP contribution is -2.29. The topological polar surface area (TPSA) is 55.8 Å². The van der Waals surface area contributed by atoms with Crippen molar-refractivity contribution in [1.29, 1.82) is 0 Å². The number of benzene rings is 2. The predicted molar refractivity (Wildman–Crippen MR) is 148 cm³/mol. The van der Waals surface area contributed by atoms with E-state index in [0.29, 0.717) is 24.5 Å². The average molecular weight is 500 g/mol. The van der Waals surface area contributed by atoms with E-state index in [4.69, 9.17) is 9.47 Å². The molecule has 1 heterocycles. The van der Waals surface area contributed by atoms with Crippen LogP contribution < -0.4 is 9.64 Å². The van der Waals surface area contributed by atoms with Crippen molar-refractivity contribution in [2.75, 3.05) is 18.1 Å². The number of nitrogens with zero attached hydrogens (tertiary/aromatic N) is 1. The molecule has 2 aromatic carbocycles. The number of rotatable bonds is 5. The number of ketones is 1. The number of Topliss-reactive ketones (excluding diaryl/α,β-unsaturated/α-hetero) is 1. The second kappa shape index (κ2) is 9.51. The van der Waals surface area contributed by atoms with Gasteiger partial charge >= 0.3 is 5.97 Å². The van der Waals surface area contributed by atoms with Crippen LogP contribution in [0.5, 0.6) is 5.75 Å². The monoisotopic (exact) mass is 499 g/mol. The first-order chi connectivity index (χ1) is 17.5. The van der Waals surface area contributed by atoms with Crippen molar-refractivity contribution in [3.8, 4) is 5.75 Å². The van der Waals surface area contributed by atoms with Gasteiger partial charge in [0.05, 0.1) is 17.8 Å². The molecule has 194 valence electrons. The highest BCUT2D eigenvalue weighted by Gasteiger charge is 2.36. The van der Waals surface area contributed by atoms with Crippen molar-refractivity contribution in [2.45, 2.75) is 71.8 Å². The van der Waals surface area contributed by atoms with E-state index in [1.54, 1.807) is 0 Å². The fraction of sp³-hybridized carbons (Fsp3) is 0.438. The Labute approximate surface area is 220 Å². The smallest absolute Gasteiger partial charge is 0.338 e. The maximum Gasteiger partial charge on any atom is 0.338 e. The predicted octanol–water partition coefficient (Wildman–Crippen LogP) is 7.38. The first-order valence-corrected chi connectivity index (χ1v) is 13.3. The molecule has 1 saturated carbocycles. The summed E-state index contributed by atoms with van der Waals surface area (Å²) in [6.45, 7) is 15.1. The highest BCUT2D eigenvalue weighted by Crippen LogP contribution is 2.54. The van der Waals surface area contributed by atoms with Crippen LogP contribution >= 0.6 is 0 Å². The van der Waals surface area contributed by atoms with Gasteiger partial charge in [0.15, 0.2) is 5.78 Å². The number of hydrogen-bond acceptors (Lipinski definition) is 5. The first-order valence-electron chi connectivity index (χ1n) is 13.3. The first kappa shape index (κ1) is 25.3. The molecule has 5 heteroatoms. The van der Waals surface area contributed by atoms with Gasteiger partial charge in [0.1, 0.15) is 18.0 Å². The summed E-state index contributed by atoms with van der Waals surface area (Å²) in [5, 5.41) is 0. The summed E-state index contributed by atoms with van der Waals surface area (Å²) in [7, 11) is 0. The molecule has 0 amide bonds. The molecule has 1 unspecified atom stereocenters. The summed E-state index contributed by atoms with van der Waals surface area (Å²) >= 11 is 0. The summed E-state index contributed by atoms with van der Waals surface area (Å²) in [5.41, 5.74) is 7.57. The van der Waals surface area contributed by atoms with Crippen LogP contribution in [0.4, 0.5) is 11.4 Å². The zero-order chi connectivity index (χ0) is 26.5. The van der Waals surface area contributed by atoms with Crippen molar-refractivity contribution < 1.29 is 19.1 Å². The van der Waals surface area contributed by atoms with Crippen LogP contribution in [0.2, 0.25) is 0 Å². The van der Waals surface area contributed by atoms with Gasteiger partial charge in [-0.3, -0.25) is 4.79 Å². The fourth-order valence-electron chi connectivity index (χ4n) is 5.41. The van der Waals surface area contributed by atoms with Gasteiger partial charge in [0.25, 0.3) is 0 Å². The van der Waals surface area contributed by atoms with E-state index in [1.165, 1.54) is 11.1 Å². The molecular weight excluding hydrogens is 462 g/mol. The number of carbonyl (C=O) groups is 2. The molecule has 2 aromatic rings. The standard InChI is InChI=1S/C32H37NO4/c1-19(2)23-17-26(20(3)28(34)18-23)25-13-14-27-30(29(25)21-7-8-21)36-16-15-33(27)24-11-9-22(10-12-24)31(35)37-32(4,5)6/h9-14,21,23H,1,7-8,15-18H2,2-6H3. The largest absolute Gasteiger partial charge is 0.489 e. The van der Waals surface area contributed by atoms with Crippen LogP contribution in [0.25, 0.3) is 5.57 Å². The third-order valence-electron chi connectivity index (χ3n) is 7.60. The van der Waals surface area contributed by atoms with Gasteiger partial charge in [-0.25, -0.2) is 4.79 Å². The lowest BCUT2D eigenvalue weighted by molar-refractivity contribution is -0.116. The SMILES string of the molecule is C=C(C)C1CC(=O)C(C)=C(c2ccc3c(c2C2CC2)OCCN3c2ccc(C(=O)OC(C)(C)C)cc2)C1. The van der Waals surface area contributed by atoms with Crippen LogP contribution in [-0.4, -0.2) is 30.5 Å². The third-order valence-corrected chi connectivity index (χ3v) is 7.60. The fourth-order valence-corrected chi connectivity index (χ4v) is 5.41. The van der Waals surface area contributed by atoms with Crippen LogP contribution in [0.15, 0.2) is 54.1 Å². The summed E-state index contributed by atoms with van der Waals surface area (Å²) in [6.07, 6.45) is 3.68. The Morgan fingerprint density at radius 3 is 2.41 bits per heavy atom. The Hall–Kier alpha value is -3.34. The van der Waals surface area contributed by atoms with Crippen LogP contribution in [0, 0.1) is 5.92 Å². The molecule has 3 aliphatic rings. The Morgan fingerprint density at radius 2 is 1.78 bits per heavy atom. The molecule has 1 aliphatic heterocycles. The Kier molecular flexibility index (Phi) is 6.51. The molecule has 1 atom stereocenters. The molecule has 0 bridgehead atoms. The maximum atomic E-state index is 12.9. The minimum atomic E-state index is -0.531. The molecule has 0 saturated heterocycles. The molecule has 0 aromatic heterocycles. The lowest BCUT2D eigenvalue weighted by atomic mass is 9.76. The highest BCUT2D eigenvalue weighted by atomic mass is 16.6. The van der Waals surface area contributed by atoms with E-state index in [-0.39, 0.29) is 17.7 Å². The van der Waals surface area contributed by atoms with Gasteiger partial charge in [0, 0.05) is 17.7 Å². The number of ether oxygens (including phenoxy) is 2. The molecule has 37 heavy (non-hydrogen) atoms. The van der Waals surface area contributed by atoms with E-state index in [0.717, 1.165) is 59.7 Å². The summed E-state index contributed by atoms with van der Waals surface area (Å²) < 4.78 is 11.9. The quantitative estimate of drug-likeness (QED) is 0.317. The van der Waals surface area contributed by atoms with E-state index in [9.17, 15) is 9.59 Å². The minimum Gasteiger partial charge on any atom is -0.489 e. The maximum absolute atomic E-state index is 12.9. The molecule has 2 aliphatic carbocycles. The molecule has 5 nitrogen and oxygen atoms in total. The van der Waals surface area contributed by atoms with Gasteiger partial charge < -0.3 is 14.4 Å². The van der Waals surface area contributed by atoms with E-state index < -0.39 is 5.60 Å². The molecular formula is C32H37NO4. The third kappa shape index (κ3) is 5.09. The Morgan fingerprint density at radius 1 is 1.08 bits per heavy atom. The number of esters is 1. The van der Waals surface area contributed by atoms with Crippen molar-refractivity contribution >= 4 is 28.7 Å². The van der Waals surface area contributed by atoms with E-state index in [2.05, 4.69) is 23.6 Å². The molecule has 0 radical (unpaired) electrons. The number of anilines is 2. The Balaban J connectivity index is 1.51. The molecule has 0 N–H and O–H groups in total. The van der Waals surface area contributed by atoms with E-state index in [1.807, 2.05) is 58.9 Å². The van der Waals surface area contributed by atoms with Crippen molar-refractivity contribution in [3.05, 3.63) is 70.8 Å². The number of hydrogen-bond donors (Lipinski definition) is 0. The van der Waals surface area contributed by atoms with Gasteiger partial charge in [0.2, 0.25) is 0 Å². The molecule has 0 spiro atoms. The molecule has 5 rings (SSSR count). The molecule has 1 fully saturated rings. The van der Waals surface area contributed by atoms with Gasteiger partial charge in [-0.05, 0) is 113 Å². The van der Waals surface area contributed by atoms with Crippen LogP contribution in [-0.2, 0) is 9.53 Å². The summed E-state index contributed by atoms with van der Waals surface area (Å²) in [4.78, 5) is 27.6. The summed E-state index contributed by atoms with van der Waals surface area (Å²) in [6, 6.07) is 11.9. The average Bonchev–Trinajstić information content (AvgIpc) is 3.69. The number of allylic oxidation sites excluding steroid dienone is 3. The van der Waals surface area contributed by atoms with Crippen LogP contribution in [0.1, 0.15) is 87.7 Å². The van der Waals surface area contributed by atoms with Crippen LogP contribution in [0.3, 0.4) is 0 Å². The van der Waals surface area contributed by atoms with Gasteiger partial charge in [-0.2, -0.15) is 0 Å². The summed E-state index contributed by atoms with van der Waals surface area (Å²) in [5.74, 6) is 1.49. The zero-order valence-electron chi connectivity index (χ0n) is 22.6. The second-order valence-electron chi connectivity index (χ2n) is 11.7. The Bertz CT molecular complexity index is 1290. The minimum absolute atomic E-state index is 0.190. The van der Waals surface area contributed by atoms with Gasteiger partial charge in [-0.15, -0.1) is 0 Å². The van der Waals surface area contributed by atoms with Crippen molar-refractivity contribution in [1.82, 2.24) is 0 Å². The number of carbonyl (C=O) groups excluding carboxylic acids is 2. The van der Waals surface area contributed by atoms with E-state index >= 15 is 0 Å². The highest BCUT2D eigenvalue weighted by molar-refractivity contribution is 6.04. The van der Waals surface area contributed by atoms with Crippen molar-refractivity contribution in [3.63, 3.8) is 0 Å². The van der Waals surface area contributed by atoms with Crippen molar-refractivity contribution in [2.24, 2.45) is 5.92 Å². The zero-order valence-corrected chi connectivity index (χ0v) is 22.6. The second-order valence-corrected chi connectivity index (χ2v) is 11.7. The number of fused-ring (bicyclic) bond motifs is 1. The van der Waals surface area contributed by atoms with Gasteiger partial charge in [-0.1, -0.05) is 18.2 Å². The normalized spacial score (nSPS) is 19.9. The lowest BCUT2D eigenvalue weighted by Gasteiger charge is -2.34.